The zero-order valence-electron chi connectivity index (χ0n) is 10.2. The summed E-state index contributed by atoms with van der Waals surface area (Å²) in [6, 6.07) is 6.74. The number of nitrogens with one attached hydrogen (secondary N) is 2. The van der Waals surface area contributed by atoms with E-state index < -0.39 is 11.5 Å². The molecule has 0 aliphatic heterocycles. The van der Waals surface area contributed by atoms with Crippen molar-refractivity contribution in [1.29, 1.82) is 0 Å². The predicted molar refractivity (Wildman–Crippen MR) is 68.7 cm³/mol. The molecule has 1 amide bonds. The van der Waals surface area contributed by atoms with Gasteiger partial charge in [0.1, 0.15) is 11.4 Å². The van der Waals surface area contributed by atoms with Gasteiger partial charge in [-0.1, -0.05) is 0 Å². The number of hydrogen-bond acceptors (Lipinski definition) is 3. The van der Waals surface area contributed by atoms with Crippen LogP contribution in [0.1, 0.15) is 21.6 Å². The molecule has 2 aromatic rings. The second kappa shape index (κ2) is 4.83. The number of carbonyl (C=O) groups is 1. The lowest BCUT2D eigenvalue weighted by Gasteiger charge is -2.04. The second-order valence-electron chi connectivity index (χ2n) is 4.06. The van der Waals surface area contributed by atoms with Crippen molar-refractivity contribution in [3.8, 4) is 0 Å². The predicted octanol–water partition coefficient (Wildman–Crippen LogP) is 1.64. The average molecular weight is 243 g/mol. The van der Waals surface area contributed by atoms with E-state index in [4.69, 9.17) is 0 Å². The van der Waals surface area contributed by atoms with Gasteiger partial charge in [0.2, 0.25) is 0 Å². The van der Waals surface area contributed by atoms with Crippen LogP contribution < -0.4 is 10.9 Å². The largest absolute Gasteiger partial charge is 0.326 e. The highest BCUT2D eigenvalue weighted by molar-refractivity contribution is 6.03. The van der Waals surface area contributed by atoms with Gasteiger partial charge in [0.25, 0.3) is 11.5 Å². The Hall–Kier alpha value is -2.43. The molecule has 0 atom stereocenters. The van der Waals surface area contributed by atoms with Crippen LogP contribution in [0.2, 0.25) is 0 Å². The fraction of sp³-hybridized carbons (Fsp3) is 0.154. The molecule has 2 N–H and O–H groups in total. The van der Waals surface area contributed by atoms with Crippen molar-refractivity contribution in [2.75, 3.05) is 5.32 Å². The number of pyridine rings is 2. The zero-order valence-corrected chi connectivity index (χ0v) is 10.2. The molecule has 0 saturated heterocycles. The summed E-state index contributed by atoms with van der Waals surface area (Å²) in [5, 5.41) is 2.59. The first kappa shape index (κ1) is 12.0. The summed E-state index contributed by atoms with van der Waals surface area (Å²) in [7, 11) is 0. The van der Waals surface area contributed by atoms with Crippen LogP contribution >= 0.6 is 0 Å². The Morgan fingerprint density at radius 1 is 1.28 bits per heavy atom. The van der Waals surface area contributed by atoms with Crippen molar-refractivity contribution in [3.05, 3.63) is 57.6 Å². The normalized spacial score (nSPS) is 10.1. The Morgan fingerprint density at radius 2 is 2.06 bits per heavy atom. The van der Waals surface area contributed by atoms with Gasteiger partial charge in [-0.2, -0.15) is 0 Å². The van der Waals surface area contributed by atoms with Crippen LogP contribution in [0, 0.1) is 13.8 Å². The lowest BCUT2D eigenvalue weighted by atomic mass is 10.2. The third-order valence-electron chi connectivity index (χ3n) is 2.46. The zero-order chi connectivity index (χ0) is 13.1. The van der Waals surface area contributed by atoms with Crippen LogP contribution in [0.4, 0.5) is 5.82 Å². The Bertz CT molecular complexity index is 647. The summed E-state index contributed by atoms with van der Waals surface area (Å²) in [5.41, 5.74) is 1.37. The number of aromatic nitrogens is 2. The molecule has 0 aromatic carbocycles. The van der Waals surface area contributed by atoms with Gasteiger partial charge >= 0.3 is 0 Å². The van der Waals surface area contributed by atoms with Crippen molar-refractivity contribution in [1.82, 2.24) is 9.97 Å². The summed E-state index contributed by atoms with van der Waals surface area (Å²) in [5.74, 6) is -0.0330. The Labute approximate surface area is 104 Å². The van der Waals surface area contributed by atoms with Crippen LogP contribution in [0.25, 0.3) is 0 Å². The number of carbonyl (C=O) groups excluding carboxylic acids is 1. The third-order valence-corrected chi connectivity index (χ3v) is 2.46. The minimum Gasteiger partial charge on any atom is -0.326 e. The highest BCUT2D eigenvalue weighted by atomic mass is 16.2. The SMILES string of the molecule is Cc1ccnc(NC(=O)c2ccc(C)[nH]c2=O)c1. The molecule has 0 unspecified atom stereocenters. The highest BCUT2D eigenvalue weighted by Crippen LogP contribution is 2.06. The fourth-order valence-electron chi connectivity index (χ4n) is 1.54. The van der Waals surface area contributed by atoms with Gasteiger partial charge in [-0.3, -0.25) is 9.59 Å². The number of anilines is 1. The molecule has 0 aliphatic carbocycles. The molecule has 2 aromatic heterocycles. The molecule has 0 fully saturated rings. The molecule has 2 rings (SSSR count). The van der Waals surface area contributed by atoms with E-state index in [-0.39, 0.29) is 5.56 Å². The monoisotopic (exact) mass is 243 g/mol. The molecule has 5 heteroatoms. The highest BCUT2D eigenvalue weighted by Gasteiger charge is 2.10. The lowest BCUT2D eigenvalue weighted by molar-refractivity contribution is 0.102. The van der Waals surface area contributed by atoms with Gasteiger partial charge in [0, 0.05) is 11.9 Å². The van der Waals surface area contributed by atoms with Gasteiger partial charge in [-0.15, -0.1) is 0 Å². The van der Waals surface area contributed by atoms with Crippen LogP contribution in [0.5, 0.6) is 0 Å². The first-order valence-corrected chi connectivity index (χ1v) is 5.50. The van der Waals surface area contributed by atoms with Crippen molar-refractivity contribution in [2.45, 2.75) is 13.8 Å². The van der Waals surface area contributed by atoms with E-state index in [2.05, 4.69) is 15.3 Å². The molecule has 18 heavy (non-hydrogen) atoms. The number of aryl methyl sites for hydroxylation is 2. The number of H-pyrrole nitrogens is 1. The molecule has 92 valence electrons. The topological polar surface area (TPSA) is 74.8 Å². The first-order chi connectivity index (χ1) is 8.56. The number of nitrogens with zero attached hydrogens (tertiary/aromatic N) is 1. The van der Waals surface area contributed by atoms with E-state index in [1.807, 2.05) is 13.0 Å². The van der Waals surface area contributed by atoms with E-state index in [0.29, 0.717) is 11.5 Å². The third kappa shape index (κ3) is 2.63. The number of rotatable bonds is 2. The summed E-state index contributed by atoms with van der Waals surface area (Å²) < 4.78 is 0. The Balaban J connectivity index is 2.25. The van der Waals surface area contributed by atoms with E-state index in [0.717, 1.165) is 5.56 Å². The maximum atomic E-state index is 11.9. The van der Waals surface area contributed by atoms with Gasteiger partial charge in [0.15, 0.2) is 0 Å². The minimum atomic E-state index is -0.464. The van der Waals surface area contributed by atoms with Crippen molar-refractivity contribution < 1.29 is 4.79 Å². The molecular formula is C13H13N3O2. The van der Waals surface area contributed by atoms with Gasteiger partial charge in [0.05, 0.1) is 0 Å². The molecule has 0 radical (unpaired) electrons. The maximum Gasteiger partial charge on any atom is 0.262 e. The van der Waals surface area contributed by atoms with Gasteiger partial charge in [-0.25, -0.2) is 4.98 Å². The van der Waals surface area contributed by atoms with Gasteiger partial charge < -0.3 is 10.3 Å². The Morgan fingerprint density at radius 3 is 2.72 bits per heavy atom. The van der Waals surface area contributed by atoms with E-state index in [1.54, 1.807) is 25.3 Å². The number of amides is 1. The Kier molecular flexibility index (Phi) is 3.23. The van der Waals surface area contributed by atoms with Crippen LogP contribution in [-0.2, 0) is 0 Å². The summed E-state index contributed by atoms with van der Waals surface area (Å²) >= 11 is 0. The number of hydrogen-bond donors (Lipinski definition) is 2. The molecule has 0 aliphatic rings. The quantitative estimate of drug-likeness (QED) is 0.842. The van der Waals surface area contributed by atoms with Crippen LogP contribution in [-0.4, -0.2) is 15.9 Å². The first-order valence-electron chi connectivity index (χ1n) is 5.50. The van der Waals surface area contributed by atoms with E-state index >= 15 is 0 Å². The smallest absolute Gasteiger partial charge is 0.262 e. The molecule has 0 spiro atoms. The summed E-state index contributed by atoms with van der Waals surface area (Å²) in [4.78, 5) is 30.1. The fourth-order valence-corrected chi connectivity index (χ4v) is 1.54. The van der Waals surface area contributed by atoms with Crippen molar-refractivity contribution >= 4 is 11.7 Å². The van der Waals surface area contributed by atoms with Crippen molar-refractivity contribution in [2.24, 2.45) is 0 Å². The summed E-state index contributed by atoms with van der Waals surface area (Å²) in [6.45, 7) is 3.65. The number of aromatic amines is 1. The summed E-state index contributed by atoms with van der Waals surface area (Å²) in [6.07, 6.45) is 1.60. The molecule has 0 saturated carbocycles. The van der Waals surface area contributed by atoms with E-state index in [1.165, 1.54) is 6.07 Å². The van der Waals surface area contributed by atoms with E-state index in [9.17, 15) is 9.59 Å². The average Bonchev–Trinajstić information content (AvgIpc) is 2.28. The van der Waals surface area contributed by atoms with Crippen LogP contribution in [0.15, 0.2) is 35.3 Å². The van der Waals surface area contributed by atoms with Gasteiger partial charge in [-0.05, 0) is 43.7 Å². The standard InChI is InChI=1S/C13H13N3O2/c1-8-5-6-14-11(7-8)16-13(18)10-4-3-9(2)15-12(10)17/h3-7H,1-2H3,(H,15,17)(H,14,16,18). The van der Waals surface area contributed by atoms with Crippen molar-refractivity contribution in [3.63, 3.8) is 0 Å². The molecular weight excluding hydrogens is 230 g/mol. The second-order valence-corrected chi connectivity index (χ2v) is 4.06. The minimum absolute atomic E-state index is 0.0731. The molecule has 0 bridgehead atoms. The maximum absolute atomic E-state index is 11.9. The molecule has 2 heterocycles. The van der Waals surface area contributed by atoms with Crippen LogP contribution in [0.3, 0.4) is 0 Å². The lowest BCUT2D eigenvalue weighted by Crippen LogP contribution is -2.23. The molecule has 5 nitrogen and oxygen atoms in total.